The molecule has 0 spiro atoms. The fraction of sp³-hybridized carbons (Fsp3) is 0.0952. The zero-order valence-electron chi connectivity index (χ0n) is 14.5. The molecule has 0 unspecified atom stereocenters. The number of carboxylic acid groups (broad SMARTS) is 1. The van der Waals surface area contributed by atoms with Crippen molar-refractivity contribution >= 4 is 39.5 Å². The first-order chi connectivity index (χ1) is 13.1. The average molecular weight is 360 g/mol. The molecular weight excluding hydrogens is 344 g/mol. The van der Waals surface area contributed by atoms with E-state index in [0.29, 0.717) is 17.2 Å². The molecule has 6 heteroatoms. The lowest BCUT2D eigenvalue weighted by molar-refractivity contribution is 0.0691. The second-order valence-corrected chi connectivity index (χ2v) is 5.77. The van der Waals surface area contributed by atoms with Gasteiger partial charge in [-0.05, 0) is 19.1 Å². The van der Waals surface area contributed by atoms with Gasteiger partial charge in [-0.1, -0.05) is 42.5 Å². The third-order valence-electron chi connectivity index (χ3n) is 4.25. The van der Waals surface area contributed by atoms with E-state index < -0.39 is 5.97 Å². The van der Waals surface area contributed by atoms with Gasteiger partial charge in [-0.3, -0.25) is 0 Å². The number of carbonyl (C=O) groups excluding carboxylic acids is 2. The number of nitrogens with zero attached hydrogens (tertiary/aromatic N) is 1. The summed E-state index contributed by atoms with van der Waals surface area (Å²) in [6.07, 6.45) is 0. The van der Waals surface area contributed by atoms with Crippen molar-refractivity contribution in [3.8, 4) is 0 Å². The number of para-hydroxylation sites is 1. The van der Waals surface area contributed by atoms with Crippen LogP contribution in [0.1, 0.15) is 17.4 Å². The fourth-order valence-electron chi connectivity index (χ4n) is 3.02. The summed E-state index contributed by atoms with van der Waals surface area (Å²) in [7, 11) is 0. The Bertz CT molecular complexity index is 1210. The van der Waals surface area contributed by atoms with Gasteiger partial charge in [0.15, 0.2) is 11.9 Å². The highest BCUT2D eigenvalue weighted by Crippen LogP contribution is 2.14. The largest absolute Gasteiger partial charge is 0.477 e. The van der Waals surface area contributed by atoms with Gasteiger partial charge in [0.1, 0.15) is 16.4 Å². The number of fused-ring (bicyclic) bond motifs is 2. The zero-order valence-corrected chi connectivity index (χ0v) is 14.5. The number of carbonyl (C=O) groups is 1. The SMILES string of the molecule is CCn1c(=C=O)c2ccccc2c1=C=O.O=C(O)c1cc2ccccc2[nH]1. The number of aromatic carboxylic acids is 1. The Morgan fingerprint density at radius 1 is 1.00 bits per heavy atom. The maximum Gasteiger partial charge on any atom is 0.352 e. The Labute approximate surface area is 153 Å². The van der Waals surface area contributed by atoms with Gasteiger partial charge < -0.3 is 14.7 Å². The van der Waals surface area contributed by atoms with Crippen LogP contribution in [0, 0.1) is 0 Å². The Morgan fingerprint density at radius 3 is 2.04 bits per heavy atom. The van der Waals surface area contributed by atoms with Gasteiger partial charge in [-0.25, -0.2) is 14.4 Å². The summed E-state index contributed by atoms with van der Waals surface area (Å²) in [5, 5.41) is 11.9. The van der Waals surface area contributed by atoms with Crippen molar-refractivity contribution in [3.05, 3.63) is 71.0 Å². The Kier molecular flexibility index (Phi) is 5.04. The number of H-pyrrole nitrogens is 1. The van der Waals surface area contributed by atoms with Crippen molar-refractivity contribution in [3.63, 3.8) is 0 Å². The molecule has 0 saturated heterocycles. The predicted molar refractivity (Wildman–Crippen MR) is 102 cm³/mol. The molecular formula is C21H16N2O4. The van der Waals surface area contributed by atoms with Crippen LogP contribution >= 0.6 is 0 Å². The van der Waals surface area contributed by atoms with Crippen LogP contribution in [-0.2, 0) is 16.1 Å². The molecule has 2 N–H and O–H groups in total. The predicted octanol–water partition coefficient (Wildman–Crippen LogP) is 1.53. The van der Waals surface area contributed by atoms with Crippen LogP contribution in [0.4, 0.5) is 0 Å². The molecule has 0 aliphatic carbocycles. The van der Waals surface area contributed by atoms with Gasteiger partial charge in [-0.15, -0.1) is 0 Å². The molecule has 0 radical (unpaired) electrons. The molecule has 2 heterocycles. The molecule has 27 heavy (non-hydrogen) atoms. The molecule has 0 saturated carbocycles. The number of hydrogen-bond acceptors (Lipinski definition) is 3. The number of hydrogen-bond donors (Lipinski definition) is 2. The quantitative estimate of drug-likeness (QED) is 0.567. The molecule has 6 nitrogen and oxygen atoms in total. The van der Waals surface area contributed by atoms with Crippen LogP contribution in [0.3, 0.4) is 0 Å². The van der Waals surface area contributed by atoms with Crippen LogP contribution in [0.25, 0.3) is 21.7 Å². The summed E-state index contributed by atoms with van der Waals surface area (Å²) in [4.78, 5) is 35.0. The molecule has 0 aliphatic heterocycles. The Balaban J connectivity index is 0.000000159. The second-order valence-electron chi connectivity index (χ2n) is 5.77. The Hall–Kier alpha value is -3.85. The summed E-state index contributed by atoms with van der Waals surface area (Å²) in [5.41, 5.74) is 1.09. The van der Waals surface area contributed by atoms with Crippen LogP contribution in [-0.4, -0.2) is 32.5 Å². The Morgan fingerprint density at radius 2 is 1.56 bits per heavy atom. The molecule has 4 aromatic rings. The van der Waals surface area contributed by atoms with Gasteiger partial charge >= 0.3 is 5.97 Å². The minimum Gasteiger partial charge on any atom is -0.477 e. The van der Waals surface area contributed by atoms with E-state index in [9.17, 15) is 14.4 Å². The normalized spacial score (nSPS) is 10.1. The van der Waals surface area contributed by atoms with E-state index >= 15 is 0 Å². The topological polar surface area (TPSA) is 92.2 Å². The van der Waals surface area contributed by atoms with Crippen molar-refractivity contribution in [1.82, 2.24) is 9.55 Å². The zero-order chi connectivity index (χ0) is 19.4. The summed E-state index contributed by atoms with van der Waals surface area (Å²) >= 11 is 0. The molecule has 4 rings (SSSR count). The third-order valence-corrected chi connectivity index (χ3v) is 4.25. The molecule has 0 amide bonds. The number of aromatic nitrogens is 2. The van der Waals surface area contributed by atoms with E-state index in [0.717, 1.165) is 21.7 Å². The maximum absolute atomic E-state index is 10.9. The molecule has 2 aromatic heterocycles. The van der Waals surface area contributed by atoms with E-state index in [1.807, 2.05) is 67.3 Å². The van der Waals surface area contributed by atoms with Crippen molar-refractivity contribution in [1.29, 1.82) is 0 Å². The molecule has 0 atom stereocenters. The minimum absolute atomic E-state index is 0.233. The van der Waals surface area contributed by atoms with Crippen molar-refractivity contribution < 1.29 is 19.5 Å². The standard InChI is InChI=1S/C12H9NO2.C9H7NO2/c1-2-13-11(7-14)9-5-3-4-6-10(9)12(13)8-15;11-9(12)8-5-6-3-1-2-4-7(6)10-8/h3-6H,2H2,1H3;1-5,10H,(H,11,12). The third kappa shape index (κ3) is 3.31. The average Bonchev–Trinajstić information content (AvgIpc) is 3.26. The van der Waals surface area contributed by atoms with Gasteiger partial charge in [0.05, 0.1) is 0 Å². The summed E-state index contributed by atoms with van der Waals surface area (Å²) in [6.45, 7) is 2.43. The smallest absolute Gasteiger partial charge is 0.352 e. The van der Waals surface area contributed by atoms with Crippen LogP contribution in [0.15, 0.2) is 54.6 Å². The van der Waals surface area contributed by atoms with Gasteiger partial charge in [-0.2, -0.15) is 0 Å². The number of aromatic amines is 1. The molecule has 0 fully saturated rings. The fourth-order valence-corrected chi connectivity index (χ4v) is 3.02. The van der Waals surface area contributed by atoms with Crippen molar-refractivity contribution in [2.24, 2.45) is 0 Å². The van der Waals surface area contributed by atoms with Gasteiger partial charge in [0.2, 0.25) is 0 Å². The summed E-state index contributed by atoms with van der Waals surface area (Å²) in [5.74, 6) is 2.83. The first kappa shape index (κ1) is 18.0. The number of nitrogens with one attached hydrogen (secondary N) is 1. The van der Waals surface area contributed by atoms with Gasteiger partial charge in [0.25, 0.3) is 0 Å². The number of benzene rings is 2. The van der Waals surface area contributed by atoms with E-state index in [4.69, 9.17) is 5.11 Å². The molecule has 0 aliphatic rings. The van der Waals surface area contributed by atoms with E-state index in [1.165, 1.54) is 0 Å². The lowest BCUT2D eigenvalue weighted by Gasteiger charge is -1.92. The molecule has 0 bridgehead atoms. The van der Waals surface area contributed by atoms with E-state index in [2.05, 4.69) is 4.98 Å². The number of carboxylic acids is 1. The summed E-state index contributed by atoms with van der Waals surface area (Å²) < 4.78 is 1.63. The summed E-state index contributed by atoms with van der Waals surface area (Å²) in [6, 6.07) is 16.4. The maximum atomic E-state index is 10.9. The monoisotopic (exact) mass is 360 g/mol. The highest BCUT2D eigenvalue weighted by Gasteiger charge is 2.06. The van der Waals surface area contributed by atoms with Crippen LogP contribution < -0.4 is 10.7 Å². The molecule has 2 aromatic carbocycles. The first-order valence-electron chi connectivity index (χ1n) is 8.29. The van der Waals surface area contributed by atoms with Crippen molar-refractivity contribution in [2.75, 3.05) is 0 Å². The van der Waals surface area contributed by atoms with Crippen LogP contribution in [0.5, 0.6) is 0 Å². The van der Waals surface area contributed by atoms with Crippen LogP contribution in [0.2, 0.25) is 0 Å². The van der Waals surface area contributed by atoms with Crippen molar-refractivity contribution in [2.45, 2.75) is 13.5 Å². The molecule has 134 valence electrons. The van der Waals surface area contributed by atoms with E-state index in [-0.39, 0.29) is 5.69 Å². The lowest BCUT2D eigenvalue weighted by Crippen LogP contribution is -2.27. The highest BCUT2D eigenvalue weighted by atomic mass is 16.4. The second kappa shape index (κ2) is 7.58. The highest BCUT2D eigenvalue weighted by molar-refractivity contribution is 5.93. The number of rotatable bonds is 2. The minimum atomic E-state index is -0.925. The lowest BCUT2D eigenvalue weighted by atomic mass is 10.2. The van der Waals surface area contributed by atoms with Gasteiger partial charge in [0, 0.05) is 28.2 Å². The van der Waals surface area contributed by atoms with E-state index in [1.54, 1.807) is 10.6 Å². The first-order valence-corrected chi connectivity index (χ1v) is 8.29.